The highest BCUT2D eigenvalue weighted by Gasteiger charge is 2.25. The first kappa shape index (κ1) is 19.7. The van der Waals surface area contributed by atoms with Crippen LogP contribution in [0, 0.1) is 6.92 Å². The Hall–Kier alpha value is -3.23. The van der Waals surface area contributed by atoms with Crippen LogP contribution in [0.15, 0.2) is 64.8 Å². The number of carbonyl (C=O) groups is 1. The zero-order valence-corrected chi connectivity index (χ0v) is 18.1. The Kier molecular flexibility index (Phi) is 5.40. The Labute approximate surface area is 184 Å². The molecule has 0 bridgehead atoms. The number of aromatic nitrogens is 3. The second-order valence-corrected chi connectivity index (χ2v) is 8.62. The van der Waals surface area contributed by atoms with Gasteiger partial charge < -0.3 is 14.0 Å². The number of carbonyl (C=O) groups excluding carboxylic acids is 1. The third-order valence-corrected chi connectivity index (χ3v) is 6.36. The third kappa shape index (κ3) is 4.17. The first-order valence-electron chi connectivity index (χ1n) is 10.3. The molecule has 0 unspecified atom stereocenters. The zero-order chi connectivity index (χ0) is 21.2. The SMILES string of the molecule is Cc1ccc(-n2cccc2)c(C(=O)N2CCN(Cc3nc(-c4cccs4)no3)CC2)c1. The van der Waals surface area contributed by atoms with Crippen LogP contribution in [0.3, 0.4) is 0 Å². The highest BCUT2D eigenvalue weighted by atomic mass is 32.1. The van der Waals surface area contributed by atoms with Crippen molar-refractivity contribution in [2.24, 2.45) is 0 Å². The summed E-state index contributed by atoms with van der Waals surface area (Å²) < 4.78 is 7.42. The minimum atomic E-state index is 0.0739. The lowest BCUT2D eigenvalue weighted by molar-refractivity contribution is 0.0615. The van der Waals surface area contributed by atoms with Crippen LogP contribution in [0.5, 0.6) is 0 Å². The first-order valence-corrected chi connectivity index (χ1v) is 11.2. The van der Waals surface area contributed by atoms with Crippen LogP contribution in [0.2, 0.25) is 0 Å². The molecule has 8 heteroatoms. The first-order chi connectivity index (χ1) is 15.2. The molecule has 1 amide bonds. The Morgan fingerprint density at radius 2 is 1.90 bits per heavy atom. The van der Waals surface area contributed by atoms with E-state index in [2.05, 4.69) is 15.0 Å². The van der Waals surface area contributed by atoms with Crippen LogP contribution < -0.4 is 0 Å². The van der Waals surface area contributed by atoms with Crippen molar-refractivity contribution >= 4 is 17.2 Å². The van der Waals surface area contributed by atoms with Gasteiger partial charge in [0.2, 0.25) is 11.7 Å². The summed E-state index contributed by atoms with van der Waals surface area (Å²) in [6.45, 7) is 5.50. The van der Waals surface area contributed by atoms with E-state index in [9.17, 15) is 4.79 Å². The molecule has 0 atom stereocenters. The topological polar surface area (TPSA) is 67.4 Å². The number of hydrogen-bond donors (Lipinski definition) is 0. The average molecular weight is 434 g/mol. The summed E-state index contributed by atoms with van der Waals surface area (Å²) in [7, 11) is 0. The lowest BCUT2D eigenvalue weighted by Gasteiger charge is -2.34. The molecule has 0 spiro atoms. The largest absolute Gasteiger partial charge is 0.338 e. The van der Waals surface area contributed by atoms with Crippen LogP contribution in [0.1, 0.15) is 21.8 Å². The number of rotatable bonds is 5. The van der Waals surface area contributed by atoms with Gasteiger partial charge in [0.25, 0.3) is 5.91 Å². The summed E-state index contributed by atoms with van der Waals surface area (Å²) >= 11 is 1.59. The van der Waals surface area contributed by atoms with E-state index in [1.54, 1.807) is 11.3 Å². The maximum atomic E-state index is 13.3. The van der Waals surface area contributed by atoms with Crippen molar-refractivity contribution in [2.75, 3.05) is 26.2 Å². The molecule has 4 heterocycles. The van der Waals surface area contributed by atoms with E-state index in [0.29, 0.717) is 31.3 Å². The zero-order valence-electron chi connectivity index (χ0n) is 17.3. The summed E-state index contributed by atoms with van der Waals surface area (Å²) in [5.41, 5.74) is 2.73. The Bertz CT molecular complexity index is 1160. The van der Waals surface area contributed by atoms with Gasteiger partial charge in [-0.25, -0.2) is 0 Å². The summed E-state index contributed by atoms with van der Waals surface area (Å²) in [4.78, 5) is 23.0. The molecule has 31 heavy (non-hydrogen) atoms. The van der Waals surface area contributed by atoms with Crippen molar-refractivity contribution in [3.05, 3.63) is 77.3 Å². The summed E-state index contributed by atoms with van der Waals surface area (Å²) in [5, 5.41) is 6.08. The van der Waals surface area contributed by atoms with Crippen LogP contribution in [0.25, 0.3) is 16.4 Å². The highest BCUT2D eigenvalue weighted by molar-refractivity contribution is 7.13. The van der Waals surface area contributed by atoms with Gasteiger partial charge in [-0.2, -0.15) is 4.98 Å². The van der Waals surface area contributed by atoms with Gasteiger partial charge in [-0.3, -0.25) is 9.69 Å². The van der Waals surface area contributed by atoms with Gasteiger partial charge in [-0.05, 0) is 42.6 Å². The molecule has 0 radical (unpaired) electrons. The molecular formula is C23H23N5O2S. The number of aryl methyl sites for hydroxylation is 1. The molecule has 1 saturated heterocycles. The predicted octanol–water partition coefficient (Wildman–Crippen LogP) is 3.86. The Morgan fingerprint density at radius 1 is 1.10 bits per heavy atom. The number of piperazine rings is 1. The van der Waals surface area contributed by atoms with E-state index < -0.39 is 0 Å². The van der Waals surface area contributed by atoms with Crippen molar-refractivity contribution in [3.63, 3.8) is 0 Å². The number of benzene rings is 1. The van der Waals surface area contributed by atoms with Gasteiger partial charge in [0.15, 0.2) is 0 Å². The fourth-order valence-electron chi connectivity index (χ4n) is 3.84. The smallest absolute Gasteiger partial charge is 0.256 e. The summed E-state index contributed by atoms with van der Waals surface area (Å²) in [6, 6.07) is 13.9. The predicted molar refractivity (Wildman–Crippen MR) is 119 cm³/mol. The van der Waals surface area contributed by atoms with Crippen molar-refractivity contribution in [1.29, 1.82) is 0 Å². The van der Waals surface area contributed by atoms with Gasteiger partial charge >= 0.3 is 0 Å². The molecule has 7 nitrogen and oxygen atoms in total. The summed E-state index contributed by atoms with van der Waals surface area (Å²) in [6.07, 6.45) is 3.93. The van der Waals surface area contributed by atoms with Crippen molar-refractivity contribution in [1.82, 2.24) is 24.5 Å². The van der Waals surface area contributed by atoms with Crippen molar-refractivity contribution < 1.29 is 9.32 Å². The number of nitrogens with zero attached hydrogens (tertiary/aromatic N) is 5. The quantitative estimate of drug-likeness (QED) is 0.478. The molecule has 4 aromatic rings. The second-order valence-electron chi connectivity index (χ2n) is 7.67. The van der Waals surface area contributed by atoms with Crippen LogP contribution in [-0.4, -0.2) is 56.6 Å². The molecule has 1 aliphatic heterocycles. The van der Waals surface area contributed by atoms with Gasteiger partial charge in [0.05, 0.1) is 22.7 Å². The van der Waals surface area contributed by atoms with E-state index in [1.165, 1.54) is 0 Å². The van der Waals surface area contributed by atoms with E-state index in [0.717, 1.165) is 34.8 Å². The lowest BCUT2D eigenvalue weighted by atomic mass is 10.1. The van der Waals surface area contributed by atoms with Gasteiger partial charge in [0, 0.05) is 38.6 Å². The molecule has 0 saturated carbocycles. The Morgan fingerprint density at radius 3 is 2.65 bits per heavy atom. The van der Waals surface area contributed by atoms with Crippen LogP contribution >= 0.6 is 11.3 Å². The Balaban J connectivity index is 1.24. The van der Waals surface area contributed by atoms with E-state index in [1.807, 2.05) is 76.6 Å². The fourth-order valence-corrected chi connectivity index (χ4v) is 4.49. The number of hydrogen-bond acceptors (Lipinski definition) is 6. The maximum Gasteiger partial charge on any atom is 0.256 e. The fraction of sp³-hybridized carbons (Fsp3) is 0.261. The minimum Gasteiger partial charge on any atom is -0.338 e. The van der Waals surface area contributed by atoms with Crippen molar-refractivity contribution in [2.45, 2.75) is 13.5 Å². The molecular weight excluding hydrogens is 410 g/mol. The second kappa shape index (κ2) is 8.49. The van der Waals surface area contributed by atoms with Gasteiger partial charge in [-0.15, -0.1) is 11.3 Å². The molecule has 0 aliphatic carbocycles. The van der Waals surface area contributed by atoms with E-state index in [-0.39, 0.29) is 5.91 Å². The molecule has 1 aliphatic rings. The van der Waals surface area contributed by atoms with Crippen LogP contribution in [-0.2, 0) is 6.54 Å². The average Bonchev–Trinajstić information content (AvgIpc) is 3.56. The van der Waals surface area contributed by atoms with E-state index >= 15 is 0 Å². The number of thiophene rings is 1. The van der Waals surface area contributed by atoms with E-state index in [4.69, 9.17) is 4.52 Å². The third-order valence-electron chi connectivity index (χ3n) is 5.49. The molecule has 3 aromatic heterocycles. The molecule has 0 N–H and O–H groups in total. The molecule has 5 rings (SSSR count). The highest BCUT2D eigenvalue weighted by Crippen LogP contribution is 2.23. The van der Waals surface area contributed by atoms with Crippen molar-refractivity contribution in [3.8, 4) is 16.4 Å². The maximum absolute atomic E-state index is 13.3. The van der Waals surface area contributed by atoms with Gasteiger partial charge in [-0.1, -0.05) is 22.9 Å². The van der Waals surface area contributed by atoms with Gasteiger partial charge in [0.1, 0.15) is 0 Å². The van der Waals surface area contributed by atoms with Crippen LogP contribution in [0.4, 0.5) is 0 Å². The lowest BCUT2D eigenvalue weighted by Crippen LogP contribution is -2.48. The monoisotopic (exact) mass is 433 g/mol. The molecule has 1 aromatic carbocycles. The number of amides is 1. The molecule has 1 fully saturated rings. The molecule has 158 valence electrons. The summed E-state index contributed by atoms with van der Waals surface area (Å²) in [5.74, 6) is 1.32. The standard InChI is InChI=1S/C23H23N5O2S/c1-17-6-7-19(27-8-2-3-9-27)18(15-17)23(29)28-12-10-26(11-13-28)16-21-24-22(25-30-21)20-5-4-14-31-20/h2-9,14-15H,10-13,16H2,1H3. The minimum absolute atomic E-state index is 0.0739. The normalized spacial score (nSPS) is 14.8.